The van der Waals surface area contributed by atoms with Crippen LogP contribution in [0.5, 0.6) is 0 Å². The molecule has 1 saturated heterocycles. The van der Waals surface area contributed by atoms with Crippen molar-refractivity contribution in [2.24, 2.45) is 5.92 Å². The number of thiazole rings is 1. The van der Waals surface area contributed by atoms with Gasteiger partial charge in [-0.25, -0.2) is 4.90 Å². The minimum atomic E-state index is -4.81. The number of nitrogens with zero attached hydrogens (tertiary/aromatic N) is 3. The van der Waals surface area contributed by atoms with Crippen molar-refractivity contribution in [3.8, 4) is 0 Å². The van der Waals surface area contributed by atoms with E-state index in [4.69, 9.17) is 0 Å². The van der Waals surface area contributed by atoms with Crippen LogP contribution in [0.1, 0.15) is 21.9 Å². The molecule has 3 atom stereocenters. The summed E-state index contributed by atoms with van der Waals surface area (Å²) in [6.07, 6.45) is -4.81. The Hall–Kier alpha value is -4.88. The molecule has 0 aliphatic carbocycles. The Balaban J connectivity index is 1.28. The van der Waals surface area contributed by atoms with Gasteiger partial charge < -0.3 is 10.2 Å². The van der Waals surface area contributed by atoms with Gasteiger partial charge in [-0.05, 0) is 52.7 Å². The van der Waals surface area contributed by atoms with E-state index in [0.29, 0.717) is 26.1 Å². The molecule has 2 aliphatic heterocycles. The number of thioether (sulfide) groups is 1. The predicted octanol–water partition coefficient (Wildman–Crippen LogP) is 6.58. The molecule has 5 aromatic rings. The molecule has 244 valence electrons. The summed E-state index contributed by atoms with van der Waals surface area (Å²) in [7, 11) is 3.73. The minimum Gasteiger partial charge on any atom is -0.378 e. The molecule has 13 heteroatoms. The average molecular weight is 689 g/mol. The number of aromatic nitrogens is 1. The second-order valence-corrected chi connectivity index (χ2v) is 13.9. The standard InChI is InChI=1S/C35H27F3N4O4S2/c1-40(2)23-15-12-20(13-16-23)27-28-29(32(45)42(31(28)44)25-10-6-5-9-24(25)35(36,37)38)47-33-30(27)48-34(46)41(33)18-26(43)39-22-14-11-19-7-3-4-8-21(19)17-22/h3-17,27-29H,18H2,1-2H3,(H,39,43). The van der Waals surface area contributed by atoms with Crippen LogP contribution in [0, 0.1) is 5.92 Å². The number of anilines is 3. The first-order valence-electron chi connectivity index (χ1n) is 14.9. The highest BCUT2D eigenvalue weighted by atomic mass is 32.2. The smallest absolute Gasteiger partial charge is 0.378 e. The lowest BCUT2D eigenvalue weighted by atomic mass is 9.83. The van der Waals surface area contributed by atoms with Gasteiger partial charge >= 0.3 is 11.0 Å². The summed E-state index contributed by atoms with van der Waals surface area (Å²) in [6, 6.07) is 24.9. The zero-order chi connectivity index (χ0) is 33.9. The Bertz CT molecular complexity index is 2160. The van der Waals surface area contributed by atoms with Crippen LogP contribution in [0.3, 0.4) is 0 Å². The van der Waals surface area contributed by atoms with Crippen LogP contribution >= 0.6 is 23.1 Å². The van der Waals surface area contributed by atoms with Crippen molar-refractivity contribution >= 4 is 68.7 Å². The van der Waals surface area contributed by atoms with Crippen molar-refractivity contribution in [3.63, 3.8) is 0 Å². The molecule has 0 bridgehead atoms. The molecule has 1 N–H and O–H groups in total. The Labute approximate surface area is 280 Å². The Morgan fingerprint density at radius 1 is 0.875 bits per heavy atom. The first-order valence-corrected chi connectivity index (χ1v) is 16.6. The van der Waals surface area contributed by atoms with Crippen LogP contribution in [0.4, 0.5) is 30.2 Å². The van der Waals surface area contributed by atoms with Crippen molar-refractivity contribution in [3.05, 3.63) is 117 Å². The number of imide groups is 1. The summed E-state index contributed by atoms with van der Waals surface area (Å²) < 4.78 is 43.4. The van der Waals surface area contributed by atoms with E-state index in [1.54, 1.807) is 18.2 Å². The van der Waals surface area contributed by atoms with Gasteiger partial charge in [-0.1, -0.05) is 77.7 Å². The Morgan fingerprint density at radius 3 is 2.27 bits per heavy atom. The van der Waals surface area contributed by atoms with E-state index >= 15 is 0 Å². The first-order chi connectivity index (χ1) is 22.9. The Morgan fingerprint density at radius 2 is 1.56 bits per heavy atom. The zero-order valence-corrected chi connectivity index (χ0v) is 27.2. The number of para-hydroxylation sites is 1. The molecule has 4 aromatic carbocycles. The molecule has 3 heterocycles. The molecule has 8 nitrogen and oxygen atoms in total. The summed E-state index contributed by atoms with van der Waals surface area (Å²) in [4.78, 5) is 57.5. The SMILES string of the molecule is CN(C)c1ccc(C2c3sc(=O)n(CC(=O)Nc4ccc5ccccc5c4)c3SC3C(=O)N(c4ccccc4C(F)(F)F)C(=O)C32)cc1. The van der Waals surface area contributed by atoms with Gasteiger partial charge in [-0.3, -0.25) is 23.7 Å². The number of carbonyl (C=O) groups excluding carboxylic acids is 3. The van der Waals surface area contributed by atoms with Crippen LogP contribution < -0.4 is 20.0 Å². The largest absolute Gasteiger partial charge is 0.418 e. The molecular formula is C35H27F3N4O4S2. The van der Waals surface area contributed by atoms with Gasteiger partial charge in [0.2, 0.25) is 17.7 Å². The van der Waals surface area contributed by atoms with E-state index in [-0.39, 0.29) is 6.54 Å². The van der Waals surface area contributed by atoms with E-state index in [0.717, 1.165) is 51.7 Å². The van der Waals surface area contributed by atoms with Crippen LogP contribution in [0.2, 0.25) is 0 Å². The maximum Gasteiger partial charge on any atom is 0.418 e. The number of amides is 3. The number of fused-ring (bicyclic) bond motifs is 3. The molecule has 48 heavy (non-hydrogen) atoms. The fourth-order valence-corrected chi connectivity index (χ4v) is 9.12. The minimum absolute atomic E-state index is 0.341. The molecule has 0 radical (unpaired) electrons. The number of halogens is 3. The van der Waals surface area contributed by atoms with Gasteiger partial charge in [-0.15, -0.1) is 0 Å². The van der Waals surface area contributed by atoms with E-state index < -0.39 is 57.1 Å². The van der Waals surface area contributed by atoms with Crippen molar-refractivity contribution in [2.45, 2.75) is 28.9 Å². The van der Waals surface area contributed by atoms with Crippen LogP contribution in [-0.4, -0.2) is 41.6 Å². The molecule has 0 spiro atoms. The second-order valence-electron chi connectivity index (χ2n) is 11.8. The van der Waals surface area contributed by atoms with Crippen molar-refractivity contribution < 1.29 is 27.6 Å². The highest BCUT2D eigenvalue weighted by molar-refractivity contribution is 8.00. The highest BCUT2D eigenvalue weighted by Gasteiger charge is 2.57. The molecule has 0 saturated carbocycles. The number of rotatable bonds is 6. The molecule has 2 aliphatic rings. The lowest BCUT2D eigenvalue weighted by Gasteiger charge is -2.31. The van der Waals surface area contributed by atoms with Gasteiger partial charge in [0.1, 0.15) is 11.8 Å². The third-order valence-corrected chi connectivity index (χ3v) is 11.2. The number of nitrogens with one attached hydrogen (secondary N) is 1. The normalized spacial score (nSPS) is 18.9. The molecule has 7 rings (SSSR count). The highest BCUT2D eigenvalue weighted by Crippen LogP contribution is 2.54. The lowest BCUT2D eigenvalue weighted by molar-refractivity contribution is -0.137. The van der Waals surface area contributed by atoms with Gasteiger partial charge in [0.05, 0.1) is 22.2 Å². The number of hydrogen-bond acceptors (Lipinski definition) is 7. The van der Waals surface area contributed by atoms with Crippen LogP contribution in [-0.2, 0) is 27.1 Å². The third kappa shape index (κ3) is 5.46. The van der Waals surface area contributed by atoms with Crippen LogP contribution in [0.15, 0.2) is 101 Å². The summed E-state index contributed by atoms with van der Waals surface area (Å²) >= 11 is 1.82. The molecule has 3 amide bonds. The predicted molar refractivity (Wildman–Crippen MR) is 181 cm³/mol. The summed E-state index contributed by atoms with van der Waals surface area (Å²) in [5.41, 5.74) is 0.397. The summed E-state index contributed by atoms with van der Waals surface area (Å²) in [6.45, 7) is -0.364. The summed E-state index contributed by atoms with van der Waals surface area (Å²) in [5.74, 6) is -3.96. The maximum atomic E-state index is 14.1. The molecule has 1 fully saturated rings. The lowest BCUT2D eigenvalue weighted by Crippen LogP contribution is -2.33. The third-order valence-electron chi connectivity index (χ3n) is 8.60. The number of carbonyl (C=O) groups is 3. The van der Waals surface area contributed by atoms with E-state index in [1.807, 2.05) is 67.5 Å². The molecule has 1 aromatic heterocycles. The van der Waals surface area contributed by atoms with Gasteiger partial charge in [-0.2, -0.15) is 13.2 Å². The first kappa shape index (κ1) is 31.7. The summed E-state index contributed by atoms with van der Waals surface area (Å²) in [5, 5.41) is 3.96. The number of alkyl halides is 3. The maximum absolute atomic E-state index is 14.1. The van der Waals surface area contributed by atoms with Gasteiger partial charge in [0.15, 0.2) is 0 Å². The number of hydrogen-bond donors (Lipinski definition) is 1. The van der Waals surface area contributed by atoms with E-state index in [2.05, 4.69) is 5.32 Å². The van der Waals surface area contributed by atoms with E-state index in [9.17, 15) is 32.3 Å². The Kier molecular flexibility index (Phi) is 7.91. The van der Waals surface area contributed by atoms with Crippen molar-refractivity contribution in [1.29, 1.82) is 0 Å². The fourth-order valence-electron chi connectivity index (χ4n) is 6.35. The average Bonchev–Trinajstić information content (AvgIpc) is 3.50. The van der Waals surface area contributed by atoms with Gasteiger partial charge in [0, 0.05) is 36.3 Å². The molecule has 3 unspecified atom stereocenters. The van der Waals surface area contributed by atoms with Gasteiger partial charge in [0.25, 0.3) is 0 Å². The van der Waals surface area contributed by atoms with E-state index in [1.165, 1.54) is 16.7 Å². The van der Waals surface area contributed by atoms with Crippen molar-refractivity contribution in [2.75, 3.05) is 29.2 Å². The second kappa shape index (κ2) is 12.0. The number of benzene rings is 4. The monoisotopic (exact) mass is 688 g/mol. The fraction of sp³-hybridized carbons (Fsp3) is 0.200. The van der Waals surface area contributed by atoms with Crippen molar-refractivity contribution in [1.82, 2.24) is 4.57 Å². The quantitative estimate of drug-likeness (QED) is 0.203. The molecular weight excluding hydrogens is 662 g/mol. The van der Waals surface area contributed by atoms with Crippen LogP contribution in [0.25, 0.3) is 10.8 Å². The zero-order valence-electron chi connectivity index (χ0n) is 25.5. The topological polar surface area (TPSA) is 91.7 Å².